The summed E-state index contributed by atoms with van der Waals surface area (Å²) in [5.74, 6) is 1.78. The average Bonchev–Trinajstić information content (AvgIpc) is 2.37. The number of phenolic OH excluding ortho intramolecular Hbond substituents is 1. The van der Waals surface area contributed by atoms with Crippen LogP contribution in [0.25, 0.3) is 0 Å². The average molecular weight is 258 g/mol. The largest absolute Gasteiger partial charge is 0.508 e. The van der Waals surface area contributed by atoms with Gasteiger partial charge in [0.2, 0.25) is 0 Å². The Kier molecular flexibility index (Phi) is 3.90. The summed E-state index contributed by atoms with van der Waals surface area (Å²) < 4.78 is 5.15. The molecule has 4 nitrogen and oxygen atoms in total. The van der Waals surface area contributed by atoms with Crippen molar-refractivity contribution in [2.24, 2.45) is 0 Å². The van der Waals surface area contributed by atoms with Crippen molar-refractivity contribution in [1.82, 2.24) is 4.98 Å². The van der Waals surface area contributed by atoms with E-state index in [4.69, 9.17) is 4.74 Å². The van der Waals surface area contributed by atoms with Crippen molar-refractivity contribution in [3.8, 4) is 11.5 Å². The molecule has 2 N–H and O–H groups in total. The lowest BCUT2D eigenvalue weighted by molar-refractivity contribution is 0.411. The van der Waals surface area contributed by atoms with Crippen LogP contribution < -0.4 is 10.1 Å². The summed E-state index contributed by atoms with van der Waals surface area (Å²) in [6, 6.07) is 9.17. The first-order valence-electron chi connectivity index (χ1n) is 6.13. The van der Waals surface area contributed by atoms with E-state index in [-0.39, 0.29) is 5.75 Å². The highest BCUT2D eigenvalue weighted by molar-refractivity contribution is 5.44. The quantitative estimate of drug-likeness (QED) is 0.885. The van der Waals surface area contributed by atoms with Crippen LogP contribution in [0.4, 0.5) is 5.82 Å². The van der Waals surface area contributed by atoms with Crippen LogP contribution in [0.1, 0.15) is 16.8 Å². The summed E-state index contributed by atoms with van der Waals surface area (Å²) in [4.78, 5) is 4.40. The molecule has 0 aliphatic carbocycles. The molecule has 0 spiro atoms. The molecule has 0 fully saturated rings. The number of nitrogens with zero attached hydrogens (tertiary/aromatic N) is 1. The summed E-state index contributed by atoms with van der Waals surface area (Å²) in [7, 11) is 1.61. The Morgan fingerprint density at radius 1 is 1.21 bits per heavy atom. The maximum atomic E-state index is 9.80. The highest BCUT2D eigenvalue weighted by atomic mass is 16.5. The molecule has 2 aromatic rings. The zero-order valence-corrected chi connectivity index (χ0v) is 11.4. The number of aromatic hydroxyl groups is 1. The van der Waals surface area contributed by atoms with Crippen LogP contribution in [0, 0.1) is 13.8 Å². The second-order valence-electron chi connectivity index (χ2n) is 4.52. The Morgan fingerprint density at radius 3 is 2.68 bits per heavy atom. The van der Waals surface area contributed by atoms with Crippen LogP contribution in [0.5, 0.6) is 11.5 Å². The number of ether oxygens (including phenoxy) is 1. The maximum absolute atomic E-state index is 9.80. The predicted molar refractivity (Wildman–Crippen MR) is 75.7 cm³/mol. The van der Waals surface area contributed by atoms with Gasteiger partial charge in [0.15, 0.2) is 0 Å². The summed E-state index contributed by atoms with van der Waals surface area (Å²) in [5, 5.41) is 13.0. The van der Waals surface area contributed by atoms with Gasteiger partial charge >= 0.3 is 0 Å². The van der Waals surface area contributed by atoms with E-state index in [9.17, 15) is 5.11 Å². The molecule has 0 saturated heterocycles. The van der Waals surface area contributed by atoms with Crippen LogP contribution in [-0.2, 0) is 6.54 Å². The third kappa shape index (κ3) is 3.37. The lowest BCUT2D eigenvalue weighted by atomic mass is 10.2. The number of aryl methyl sites for hydroxylation is 2. The number of hydrogen-bond acceptors (Lipinski definition) is 4. The molecule has 1 aromatic carbocycles. The summed E-state index contributed by atoms with van der Waals surface area (Å²) >= 11 is 0. The second-order valence-corrected chi connectivity index (χ2v) is 4.52. The van der Waals surface area contributed by atoms with Gasteiger partial charge in [-0.25, -0.2) is 4.98 Å². The second kappa shape index (κ2) is 5.61. The molecule has 0 aliphatic rings. The van der Waals surface area contributed by atoms with Crippen LogP contribution in [-0.4, -0.2) is 17.2 Å². The number of methoxy groups -OCH3 is 1. The fourth-order valence-electron chi connectivity index (χ4n) is 1.95. The fourth-order valence-corrected chi connectivity index (χ4v) is 1.95. The van der Waals surface area contributed by atoms with Crippen LogP contribution in [0.15, 0.2) is 30.3 Å². The maximum Gasteiger partial charge on any atom is 0.126 e. The number of nitrogens with one attached hydrogen (secondary N) is 1. The molecule has 0 aliphatic heterocycles. The molecule has 0 bridgehead atoms. The van der Waals surface area contributed by atoms with Gasteiger partial charge in [-0.2, -0.15) is 0 Å². The molecule has 4 heteroatoms. The van der Waals surface area contributed by atoms with E-state index in [2.05, 4.69) is 10.3 Å². The fraction of sp³-hybridized carbons (Fsp3) is 0.267. The first-order chi connectivity index (χ1) is 9.08. The van der Waals surface area contributed by atoms with Gasteiger partial charge in [-0.15, -0.1) is 0 Å². The monoisotopic (exact) mass is 258 g/mol. The standard InChI is InChI=1S/C15H18N2O2/c1-10-6-11(2)17-15(7-10)16-9-12-8-13(19-3)4-5-14(12)18/h4-8,18H,9H2,1-3H3,(H,16,17). The Balaban J connectivity index is 2.13. The van der Waals surface area contributed by atoms with Crippen molar-refractivity contribution in [1.29, 1.82) is 0 Å². The van der Waals surface area contributed by atoms with Crippen molar-refractivity contribution < 1.29 is 9.84 Å². The van der Waals surface area contributed by atoms with E-state index in [1.54, 1.807) is 19.2 Å². The van der Waals surface area contributed by atoms with Gasteiger partial charge in [0.25, 0.3) is 0 Å². The number of anilines is 1. The molecule has 0 saturated carbocycles. The molecule has 2 rings (SSSR count). The summed E-state index contributed by atoms with van der Waals surface area (Å²) in [5.41, 5.74) is 2.91. The molecule has 0 amide bonds. The van der Waals surface area contributed by atoms with E-state index in [0.717, 1.165) is 28.4 Å². The van der Waals surface area contributed by atoms with E-state index < -0.39 is 0 Å². The van der Waals surface area contributed by atoms with E-state index >= 15 is 0 Å². The third-order valence-corrected chi connectivity index (χ3v) is 2.84. The summed E-state index contributed by atoms with van der Waals surface area (Å²) in [6.45, 7) is 4.49. The van der Waals surface area contributed by atoms with Crippen molar-refractivity contribution in [3.63, 3.8) is 0 Å². The molecule has 1 aromatic heterocycles. The molecule has 0 radical (unpaired) electrons. The van der Waals surface area contributed by atoms with Crippen molar-refractivity contribution >= 4 is 5.82 Å². The van der Waals surface area contributed by atoms with Crippen LogP contribution in [0.2, 0.25) is 0 Å². The highest BCUT2D eigenvalue weighted by Gasteiger charge is 2.04. The number of phenols is 1. The number of aromatic nitrogens is 1. The minimum Gasteiger partial charge on any atom is -0.508 e. The lowest BCUT2D eigenvalue weighted by Crippen LogP contribution is -2.03. The van der Waals surface area contributed by atoms with Gasteiger partial charge in [-0.3, -0.25) is 0 Å². The Bertz CT molecular complexity index is 562. The Morgan fingerprint density at radius 2 is 2.00 bits per heavy atom. The molecular weight excluding hydrogens is 240 g/mol. The lowest BCUT2D eigenvalue weighted by Gasteiger charge is -2.10. The van der Waals surface area contributed by atoms with Gasteiger partial charge in [0.1, 0.15) is 17.3 Å². The van der Waals surface area contributed by atoms with E-state index in [1.165, 1.54) is 0 Å². The first-order valence-corrected chi connectivity index (χ1v) is 6.13. The molecule has 100 valence electrons. The van der Waals surface area contributed by atoms with Crippen LogP contribution >= 0.6 is 0 Å². The minimum atomic E-state index is 0.248. The minimum absolute atomic E-state index is 0.248. The topological polar surface area (TPSA) is 54.4 Å². The molecule has 19 heavy (non-hydrogen) atoms. The molecule has 1 heterocycles. The van der Waals surface area contributed by atoms with E-state index in [1.807, 2.05) is 32.0 Å². The van der Waals surface area contributed by atoms with Gasteiger partial charge in [-0.1, -0.05) is 0 Å². The zero-order chi connectivity index (χ0) is 13.8. The highest BCUT2D eigenvalue weighted by Crippen LogP contribution is 2.23. The number of rotatable bonds is 4. The smallest absolute Gasteiger partial charge is 0.126 e. The number of hydrogen-bond donors (Lipinski definition) is 2. The van der Waals surface area contributed by atoms with Gasteiger partial charge in [-0.05, 0) is 49.7 Å². The van der Waals surface area contributed by atoms with E-state index in [0.29, 0.717) is 6.54 Å². The first kappa shape index (κ1) is 13.2. The Labute approximate surface area is 113 Å². The van der Waals surface area contributed by atoms with Crippen molar-refractivity contribution in [3.05, 3.63) is 47.2 Å². The van der Waals surface area contributed by atoms with Crippen molar-refractivity contribution in [2.75, 3.05) is 12.4 Å². The van der Waals surface area contributed by atoms with Crippen molar-refractivity contribution in [2.45, 2.75) is 20.4 Å². The number of benzene rings is 1. The predicted octanol–water partition coefficient (Wildman–Crippen LogP) is 3.02. The normalized spacial score (nSPS) is 10.3. The third-order valence-electron chi connectivity index (χ3n) is 2.84. The molecule has 0 unspecified atom stereocenters. The van der Waals surface area contributed by atoms with Gasteiger partial charge in [0, 0.05) is 17.8 Å². The summed E-state index contributed by atoms with van der Waals surface area (Å²) in [6.07, 6.45) is 0. The SMILES string of the molecule is COc1ccc(O)c(CNc2cc(C)cc(C)n2)c1. The molecular formula is C15H18N2O2. The van der Waals surface area contributed by atoms with Gasteiger partial charge in [0.05, 0.1) is 7.11 Å². The number of pyridine rings is 1. The van der Waals surface area contributed by atoms with Gasteiger partial charge < -0.3 is 15.2 Å². The Hall–Kier alpha value is -2.23. The molecule has 0 atom stereocenters. The van der Waals surface area contributed by atoms with Crippen LogP contribution in [0.3, 0.4) is 0 Å². The zero-order valence-electron chi connectivity index (χ0n) is 11.4.